The highest BCUT2D eigenvalue weighted by Gasteiger charge is 2.13. The average Bonchev–Trinajstić information content (AvgIpc) is 2.59. The number of anilines is 1. The Morgan fingerprint density at radius 1 is 1.62 bits per heavy atom. The van der Waals surface area contributed by atoms with E-state index >= 15 is 0 Å². The number of hydrogen-bond donors (Lipinski definition) is 1. The van der Waals surface area contributed by atoms with Gasteiger partial charge in [0.2, 0.25) is 0 Å². The highest BCUT2D eigenvalue weighted by atomic mass is 127. The molecular weight excluding hydrogens is 338 g/mol. The van der Waals surface area contributed by atoms with Crippen LogP contribution >= 0.6 is 34.2 Å². The standard InChI is InChI=1S/C10H8ClIN4/c1-16-9-7(12)3-2-6(11)8(9)10(15-16)14-5-4-13/h2-3H,5H2,1H3,(H,14,15). The Balaban J connectivity index is 2.69. The molecule has 0 atom stereocenters. The highest BCUT2D eigenvalue weighted by Crippen LogP contribution is 2.32. The van der Waals surface area contributed by atoms with Gasteiger partial charge in [-0.05, 0) is 34.7 Å². The van der Waals surface area contributed by atoms with E-state index in [1.165, 1.54) is 0 Å². The molecule has 0 saturated carbocycles. The SMILES string of the molecule is Cn1nc(NCC#N)c2c(Cl)ccc(I)c21. The third-order valence-corrected chi connectivity index (χ3v) is 3.41. The number of nitrogens with zero attached hydrogens (tertiary/aromatic N) is 3. The molecule has 0 unspecified atom stereocenters. The molecule has 2 aromatic rings. The second-order valence-electron chi connectivity index (χ2n) is 3.24. The number of benzene rings is 1. The molecule has 1 aromatic carbocycles. The van der Waals surface area contributed by atoms with Gasteiger partial charge in [-0.2, -0.15) is 10.4 Å². The van der Waals surface area contributed by atoms with Crippen LogP contribution in [0.1, 0.15) is 0 Å². The molecule has 0 radical (unpaired) electrons. The highest BCUT2D eigenvalue weighted by molar-refractivity contribution is 14.1. The van der Waals surface area contributed by atoms with Gasteiger partial charge in [-0.15, -0.1) is 0 Å². The van der Waals surface area contributed by atoms with Gasteiger partial charge in [0, 0.05) is 10.6 Å². The molecule has 2 rings (SSSR count). The average molecular weight is 347 g/mol. The van der Waals surface area contributed by atoms with E-state index in [1.54, 1.807) is 4.68 Å². The minimum absolute atomic E-state index is 0.216. The van der Waals surface area contributed by atoms with E-state index in [2.05, 4.69) is 33.0 Å². The van der Waals surface area contributed by atoms with Gasteiger partial charge in [0.05, 0.1) is 22.0 Å². The van der Waals surface area contributed by atoms with Gasteiger partial charge >= 0.3 is 0 Å². The Hall–Kier alpha value is -1.000. The van der Waals surface area contributed by atoms with Crippen LogP contribution in [-0.4, -0.2) is 16.3 Å². The molecular formula is C10H8ClIN4. The molecule has 0 bridgehead atoms. The fraction of sp³-hybridized carbons (Fsp3) is 0.200. The summed E-state index contributed by atoms with van der Waals surface area (Å²) in [5, 5.41) is 17.3. The first-order chi connectivity index (χ1) is 7.65. The minimum atomic E-state index is 0.216. The van der Waals surface area contributed by atoms with Crippen molar-refractivity contribution in [3.63, 3.8) is 0 Å². The van der Waals surface area contributed by atoms with Crippen LogP contribution in [0.4, 0.5) is 5.82 Å². The number of hydrogen-bond acceptors (Lipinski definition) is 3. The second kappa shape index (κ2) is 4.47. The lowest BCUT2D eigenvalue weighted by Gasteiger charge is -2.00. The fourth-order valence-electron chi connectivity index (χ4n) is 1.58. The first kappa shape index (κ1) is 11.5. The third-order valence-electron chi connectivity index (χ3n) is 2.22. The summed E-state index contributed by atoms with van der Waals surface area (Å²) in [6.07, 6.45) is 0. The van der Waals surface area contributed by atoms with Crippen molar-refractivity contribution in [2.75, 3.05) is 11.9 Å². The summed E-state index contributed by atoms with van der Waals surface area (Å²) in [4.78, 5) is 0. The summed E-state index contributed by atoms with van der Waals surface area (Å²) in [6, 6.07) is 5.80. The third kappa shape index (κ3) is 1.83. The van der Waals surface area contributed by atoms with Crippen molar-refractivity contribution in [2.45, 2.75) is 0 Å². The van der Waals surface area contributed by atoms with Gasteiger partial charge in [-0.25, -0.2) is 0 Å². The smallest absolute Gasteiger partial charge is 0.158 e. The van der Waals surface area contributed by atoms with Gasteiger partial charge < -0.3 is 5.32 Å². The van der Waals surface area contributed by atoms with Gasteiger partial charge in [-0.1, -0.05) is 11.6 Å². The van der Waals surface area contributed by atoms with Crippen LogP contribution in [0.15, 0.2) is 12.1 Å². The number of rotatable bonds is 2. The monoisotopic (exact) mass is 346 g/mol. The molecule has 16 heavy (non-hydrogen) atoms. The van der Waals surface area contributed by atoms with Crippen LogP contribution in [-0.2, 0) is 7.05 Å². The topological polar surface area (TPSA) is 53.6 Å². The zero-order valence-corrected chi connectivity index (χ0v) is 11.4. The van der Waals surface area contributed by atoms with Crippen molar-refractivity contribution < 1.29 is 0 Å². The van der Waals surface area contributed by atoms with E-state index in [4.69, 9.17) is 16.9 Å². The number of aromatic nitrogens is 2. The van der Waals surface area contributed by atoms with Gasteiger partial charge in [0.25, 0.3) is 0 Å². The van der Waals surface area contributed by atoms with Crippen molar-refractivity contribution in [1.29, 1.82) is 5.26 Å². The zero-order chi connectivity index (χ0) is 11.7. The van der Waals surface area contributed by atoms with Crippen molar-refractivity contribution in [1.82, 2.24) is 9.78 Å². The maximum absolute atomic E-state index is 8.55. The summed E-state index contributed by atoms with van der Waals surface area (Å²) in [7, 11) is 1.86. The zero-order valence-electron chi connectivity index (χ0n) is 8.46. The summed E-state index contributed by atoms with van der Waals surface area (Å²) in [5.74, 6) is 0.655. The van der Waals surface area contributed by atoms with Crippen LogP contribution in [0.25, 0.3) is 10.9 Å². The summed E-state index contributed by atoms with van der Waals surface area (Å²) in [5.41, 5.74) is 0.980. The fourth-order valence-corrected chi connectivity index (χ4v) is 2.62. The quantitative estimate of drug-likeness (QED) is 0.672. The number of nitrogens with one attached hydrogen (secondary N) is 1. The molecule has 1 N–H and O–H groups in total. The van der Waals surface area contributed by atoms with E-state index in [-0.39, 0.29) is 6.54 Å². The predicted octanol–water partition coefficient (Wildman–Crippen LogP) is 2.77. The molecule has 4 nitrogen and oxygen atoms in total. The first-order valence-electron chi connectivity index (χ1n) is 4.56. The maximum Gasteiger partial charge on any atom is 0.158 e. The molecule has 1 heterocycles. The number of halogens is 2. The van der Waals surface area contributed by atoms with Crippen molar-refractivity contribution >= 4 is 50.9 Å². The van der Waals surface area contributed by atoms with Crippen LogP contribution in [0.2, 0.25) is 5.02 Å². The Labute approximate surface area is 111 Å². The van der Waals surface area contributed by atoms with Crippen LogP contribution < -0.4 is 5.32 Å². The van der Waals surface area contributed by atoms with Crippen molar-refractivity contribution in [3.05, 3.63) is 20.7 Å². The molecule has 0 saturated heterocycles. The van der Waals surface area contributed by atoms with Crippen LogP contribution in [0.3, 0.4) is 0 Å². The van der Waals surface area contributed by atoms with Crippen molar-refractivity contribution in [3.8, 4) is 6.07 Å². The summed E-state index contributed by atoms with van der Waals surface area (Å²) >= 11 is 8.39. The van der Waals surface area contributed by atoms with E-state index < -0.39 is 0 Å². The van der Waals surface area contributed by atoms with Gasteiger partial charge in [0.1, 0.15) is 6.54 Å². The molecule has 0 amide bonds. The molecule has 0 aliphatic heterocycles. The van der Waals surface area contributed by atoms with Gasteiger partial charge in [-0.3, -0.25) is 4.68 Å². The summed E-state index contributed by atoms with van der Waals surface area (Å²) < 4.78 is 2.85. The number of nitriles is 1. The minimum Gasteiger partial charge on any atom is -0.355 e. The molecule has 6 heteroatoms. The molecule has 0 aliphatic rings. The number of fused-ring (bicyclic) bond motifs is 1. The van der Waals surface area contributed by atoms with E-state index in [9.17, 15) is 0 Å². The Morgan fingerprint density at radius 2 is 2.38 bits per heavy atom. The number of aryl methyl sites for hydroxylation is 1. The largest absolute Gasteiger partial charge is 0.355 e. The maximum atomic E-state index is 8.55. The molecule has 0 aliphatic carbocycles. The first-order valence-corrected chi connectivity index (χ1v) is 6.02. The Bertz CT molecular complexity index is 584. The van der Waals surface area contributed by atoms with E-state index in [1.807, 2.05) is 25.2 Å². The normalized spacial score (nSPS) is 10.4. The predicted molar refractivity (Wildman–Crippen MR) is 72.5 cm³/mol. The lowest BCUT2D eigenvalue weighted by atomic mass is 10.2. The Morgan fingerprint density at radius 3 is 3.06 bits per heavy atom. The second-order valence-corrected chi connectivity index (χ2v) is 4.81. The van der Waals surface area contributed by atoms with E-state index in [0.29, 0.717) is 10.8 Å². The lowest BCUT2D eigenvalue weighted by Crippen LogP contribution is -2.00. The molecule has 1 aromatic heterocycles. The van der Waals surface area contributed by atoms with Gasteiger partial charge in [0.15, 0.2) is 5.82 Å². The van der Waals surface area contributed by atoms with Crippen LogP contribution in [0.5, 0.6) is 0 Å². The molecule has 82 valence electrons. The van der Waals surface area contributed by atoms with Crippen molar-refractivity contribution in [2.24, 2.45) is 7.05 Å². The molecule has 0 fully saturated rings. The summed E-state index contributed by atoms with van der Waals surface area (Å²) in [6.45, 7) is 0.216. The lowest BCUT2D eigenvalue weighted by molar-refractivity contribution is 0.797. The van der Waals surface area contributed by atoms with Crippen LogP contribution in [0, 0.1) is 14.9 Å². The van der Waals surface area contributed by atoms with E-state index in [0.717, 1.165) is 14.5 Å². The Kier molecular flexibility index (Phi) is 3.21. The molecule has 0 spiro atoms.